The lowest BCUT2D eigenvalue weighted by Crippen LogP contribution is -2.58. The summed E-state index contributed by atoms with van der Waals surface area (Å²) in [7, 11) is 0. The molecule has 2 bridgehead atoms. The van der Waals surface area contributed by atoms with E-state index in [2.05, 4.69) is 19.2 Å². The van der Waals surface area contributed by atoms with Crippen molar-refractivity contribution < 1.29 is 13.9 Å². The predicted octanol–water partition coefficient (Wildman–Crippen LogP) is 4.23. The van der Waals surface area contributed by atoms with Crippen LogP contribution in [0.5, 0.6) is 0 Å². The maximum atomic E-state index is 13.3. The molecule has 2 aliphatic carbocycles. The molecule has 2 saturated carbocycles. The number of carbonyl (C=O) groups excluding carboxylic acids is 1. The Kier molecular flexibility index (Phi) is 3.95. The highest BCUT2D eigenvalue weighted by molar-refractivity contribution is 5.76. The van der Waals surface area contributed by atoms with E-state index in [0.717, 1.165) is 18.4 Å². The van der Waals surface area contributed by atoms with Crippen LogP contribution in [0.4, 0.5) is 4.39 Å². The zero-order valence-corrected chi connectivity index (χ0v) is 15.3. The molecule has 1 saturated heterocycles. The van der Waals surface area contributed by atoms with Crippen LogP contribution in [-0.4, -0.2) is 18.6 Å². The van der Waals surface area contributed by atoms with Gasteiger partial charge in [0.05, 0.1) is 6.10 Å². The molecule has 3 nitrogen and oxygen atoms in total. The molecule has 1 amide bonds. The number of ether oxygens (including phenoxy) is 1. The van der Waals surface area contributed by atoms with E-state index in [1.54, 1.807) is 0 Å². The van der Waals surface area contributed by atoms with Crippen LogP contribution < -0.4 is 5.32 Å². The fraction of sp³-hybridized carbons (Fsp3) is 0.667. The molecule has 1 unspecified atom stereocenters. The zero-order chi connectivity index (χ0) is 17.8. The van der Waals surface area contributed by atoms with Crippen LogP contribution in [0.15, 0.2) is 24.3 Å². The normalized spacial score (nSPS) is 38.4. The van der Waals surface area contributed by atoms with Crippen molar-refractivity contribution in [1.29, 1.82) is 0 Å². The summed E-state index contributed by atoms with van der Waals surface area (Å²) in [6.45, 7) is 7.24. The largest absolute Gasteiger partial charge is 0.373 e. The molecule has 1 N–H and O–H groups in total. The van der Waals surface area contributed by atoms with Crippen molar-refractivity contribution in [3.8, 4) is 0 Å². The minimum atomic E-state index is -0.212. The van der Waals surface area contributed by atoms with Crippen molar-refractivity contribution in [2.75, 3.05) is 6.61 Å². The third-order valence-electron chi connectivity index (χ3n) is 7.33. The average Bonchev–Trinajstić information content (AvgIpc) is 3.08. The van der Waals surface area contributed by atoms with Gasteiger partial charge >= 0.3 is 0 Å². The van der Waals surface area contributed by atoms with Crippen LogP contribution in [0.3, 0.4) is 0 Å². The van der Waals surface area contributed by atoms with Crippen LogP contribution in [-0.2, 0) is 9.53 Å². The Labute approximate surface area is 149 Å². The number of amides is 1. The first-order valence-electron chi connectivity index (χ1n) is 9.55. The number of fused-ring (bicyclic) bond motifs is 1. The van der Waals surface area contributed by atoms with Gasteiger partial charge in [-0.05, 0) is 59.6 Å². The Hall–Kier alpha value is -1.42. The highest BCUT2D eigenvalue weighted by Crippen LogP contribution is 2.70. The second-order valence-corrected chi connectivity index (χ2v) is 8.74. The maximum absolute atomic E-state index is 13.3. The summed E-state index contributed by atoms with van der Waals surface area (Å²) in [5.41, 5.74) is 1.29. The fourth-order valence-electron chi connectivity index (χ4n) is 6.03. The van der Waals surface area contributed by atoms with Crippen molar-refractivity contribution in [2.45, 2.75) is 58.6 Å². The van der Waals surface area contributed by atoms with Crippen molar-refractivity contribution in [1.82, 2.24) is 5.32 Å². The molecule has 4 heteroatoms. The lowest BCUT2D eigenvalue weighted by Gasteiger charge is -2.53. The van der Waals surface area contributed by atoms with E-state index >= 15 is 0 Å². The van der Waals surface area contributed by atoms with Crippen LogP contribution in [0.25, 0.3) is 0 Å². The first-order valence-corrected chi connectivity index (χ1v) is 9.55. The molecule has 1 aliphatic heterocycles. The quantitative estimate of drug-likeness (QED) is 0.890. The van der Waals surface area contributed by atoms with E-state index in [4.69, 9.17) is 4.74 Å². The number of nitrogens with one attached hydrogen (secondary N) is 1. The molecule has 25 heavy (non-hydrogen) atoms. The summed E-state index contributed by atoms with van der Waals surface area (Å²) < 4.78 is 19.5. The first kappa shape index (κ1) is 17.0. The van der Waals surface area contributed by atoms with Gasteiger partial charge in [0.2, 0.25) is 5.91 Å². The Morgan fingerprint density at radius 3 is 2.72 bits per heavy atom. The SMILES string of the molecule is CCC(=O)N[C@@H]1C(C)(C)[C@@H]2C[C@@H]3[C@@H](c4ccc(F)cc4)OCCC31C2. The smallest absolute Gasteiger partial charge is 0.219 e. The second-order valence-electron chi connectivity index (χ2n) is 8.74. The summed E-state index contributed by atoms with van der Waals surface area (Å²) in [4.78, 5) is 12.2. The van der Waals surface area contributed by atoms with Gasteiger partial charge in [-0.3, -0.25) is 4.79 Å². The lowest BCUT2D eigenvalue weighted by atomic mass is 9.59. The van der Waals surface area contributed by atoms with Gasteiger partial charge in [0.25, 0.3) is 0 Å². The molecule has 3 fully saturated rings. The van der Waals surface area contributed by atoms with Crippen molar-refractivity contribution in [3.05, 3.63) is 35.6 Å². The molecule has 1 aromatic rings. The highest BCUT2D eigenvalue weighted by Gasteiger charge is 2.68. The monoisotopic (exact) mass is 345 g/mol. The summed E-state index contributed by atoms with van der Waals surface area (Å²) in [5.74, 6) is 0.927. The van der Waals surface area contributed by atoms with Crippen LogP contribution in [0.1, 0.15) is 58.1 Å². The summed E-state index contributed by atoms with van der Waals surface area (Å²) in [6, 6.07) is 6.95. The van der Waals surface area contributed by atoms with E-state index in [0.29, 0.717) is 24.9 Å². The van der Waals surface area contributed by atoms with Gasteiger partial charge in [-0.15, -0.1) is 0 Å². The topological polar surface area (TPSA) is 38.3 Å². The van der Waals surface area contributed by atoms with Crippen LogP contribution in [0, 0.1) is 28.5 Å². The van der Waals surface area contributed by atoms with Gasteiger partial charge in [-0.2, -0.15) is 0 Å². The van der Waals surface area contributed by atoms with E-state index in [9.17, 15) is 9.18 Å². The Balaban J connectivity index is 1.69. The summed E-state index contributed by atoms with van der Waals surface area (Å²) in [5, 5.41) is 3.37. The fourth-order valence-corrected chi connectivity index (χ4v) is 6.03. The van der Waals surface area contributed by atoms with E-state index < -0.39 is 0 Å². The number of rotatable bonds is 3. The molecule has 1 aromatic carbocycles. The maximum Gasteiger partial charge on any atom is 0.219 e. The number of halogens is 1. The van der Waals surface area contributed by atoms with E-state index in [-0.39, 0.29) is 34.7 Å². The van der Waals surface area contributed by atoms with Gasteiger partial charge in [0.1, 0.15) is 5.82 Å². The molecule has 4 rings (SSSR count). The molecule has 136 valence electrons. The standard InChI is InChI=1S/C21H28FNO2/c1-4-17(24)23-19-20(2,3)14-11-16-18(13-5-7-15(22)8-6-13)25-10-9-21(16,19)12-14/h5-8,14,16,18-19H,4,9-12H2,1-3H3,(H,23,24)/t14-,16-,18-,19-,21?/m1/s1. The predicted molar refractivity (Wildman–Crippen MR) is 94.4 cm³/mol. The molecule has 5 atom stereocenters. The third-order valence-corrected chi connectivity index (χ3v) is 7.33. The van der Waals surface area contributed by atoms with Crippen LogP contribution >= 0.6 is 0 Å². The van der Waals surface area contributed by atoms with Gasteiger partial charge in [-0.25, -0.2) is 4.39 Å². The van der Waals surface area contributed by atoms with E-state index in [1.807, 2.05) is 19.1 Å². The third kappa shape index (κ3) is 2.44. The van der Waals surface area contributed by atoms with E-state index in [1.165, 1.54) is 18.6 Å². The van der Waals surface area contributed by atoms with Crippen LogP contribution in [0.2, 0.25) is 0 Å². The zero-order valence-electron chi connectivity index (χ0n) is 15.3. The molecular formula is C21H28FNO2. The minimum Gasteiger partial charge on any atom is -0.373 e. The Morgan fingerprint density at radius 2 is 2.04 bits per heavy atom. The summed E-state index contributed by atoms with van der Waals surface area (Å²) in [6.07, 6.45) is 3.84. The summed E-state index contributed by atoms with van der Waals surface area (Å²) >= 11 is 0. The minimum absolute atomic E-state index is 0.0106. The van der Waals surface area contributed by atoms with Gasteiger partial charge in [0, 0.05) is 19.1 Å². The lowest BCUT2D eigenvalue weighted by molar-refractivity contribution is -0.137. The van der Waals surface area contributed by atoms with Gasteiger partial charge < -0.3 is 10.1 Å². The molecule has 0 radical (unpaired) electrons. The highest BCUT2D eigenvalue weighted by atomic mass is 19.1. The van der Waals surface area contributed by atoms with Gasteiger partial charge in [-0.1, -0.05) is 32.9 Å². The second kappa shape index (κ2) is 5.80. The first-order chi connectivity index (χ1) is 11.9. The molecule has 0 aromatic heterocycles. The molecule has 3 aliphatic rings. The number of hydrogen-bond donors (Lipinski definition) is 1. The van der Waals surface area contributed by atoms with Crippen molar-refractivity contribution in [3.63, 3.8) is 0 Å². The van der Waals surface area contributed by atoms with Crippen molar-refractivity contribution in [2.24, 2.45) is 22.7 Å². The number of carbonyl (C=O) groups is 1. The number of hydrogen-bond acceptors (Lipinski definition) is 2. The molecular weight excluding hydrogens is 317 g/mol. The molecule has 1 spiro atoms. The molecule has 1 heterocycles. The Bertz CT molecular complexity index is 671. The van der Waals surface area contributed by atoms with Crippen molar-refractivity contribution >= 4 is 5.91 Å². The Morgan fingerprint density at radius 1 is 1.32 bits per heavy atom. The number of benzene rings is 1. The average molecular weight is 345 g/mol. The van der Waals surface area contributed by atoms with Gasteiger partial charge in [0.15, 0.2) is 0 Å².